The van der Waals surface area contributed by atoms with Crippen LogP contribution in [0.5, 0.6) is 0 Å². The molecule has 0 aromatic heterocycles. The second-order valence-electron chi connectivity index (χ2n) is 3.87. The van der Waals surface area contributed by atoms with Gasteiger partial charge in [0.25, 0.3) is 0 Å². The monoisotopic (exact) mass is 176 g/mol. The Morgan fingerprint density at radius 3 is 2.31 bits per heavy atom. The number of benzene rings is 1. The Bertz CT molecular complexity index is 327. The van der Waals surface area contributed by atoms with Crippen LogP contribution in [0.2, 0.25) is 0 Å². The lowest BCUT2D eigenvalue weighted by Crippen LogP contribution is -2.51. The third-order valence-corrected chi connectivity index (χ3v) is 2.43. The smallest absolute Gasteiger partial charge is 0.318 e. The molecule has 1 unspecified atom stereocenters. The Morgan fingerprint density at radius 1 is 1.23 bits per heavy atom. The number of cyclic esters (lactones) is 1. The van der Waals surface area contributed by atoms with Crippen molar-refractivity contribution in [3.8, 4) is 0 Å². The van der Waals surface area contributed by atoms with Crippen LogP contribution >= 0.6 is 0 Å². The Labute approximate surface area is 77.5 Å². The summed E-state index contributed by atoms with van der Waals surface area (Å²) in [5.74, 6) is -0.204. The first-order valence-corrected chi connectivity index (χ1v) is 4.39. The SMILES string of the molecule is CC1(C)OC(=O)C1c1ccccc1. The maximum Gasteiger partial charge on any atom is 0.318 e. The van der Waals surface area contributed by atoms with Gasteiger partial charge in [0.15, 0.2) is 0 Å². The lowest BCUT2D eigenvalue weighted by Gasteiger charge is -2.42. The Hall–Kier alpha value is -1.31. The maximum absolute atomic E-state index is 11.2. The van der Waals surface area contributed by atoms with Crippen molar-refractivity contribution in [1.82, 2.24) is 0 Å². The zero-order valence-corrected chi connectivity index (χ0v) is 7.78. The molecule has 2 heteroatoms. The summed E-state index contributed by atoms with van der Waals surface area (Å²) in [6.07, 6.45) is 0. The van der Waals surface area contributed by atoms with E-state index in [0.29, 0.717) is 0 Å². The number of carbonyl (C=O) groups is 1. The van der Waals surface area contributed by atoms with E-state index in [4.69, 9.17) is 4.74 Å². The molecular weight excluding hydrogens is 164 g/mol. The third kappa shape index (κ3) is 1.22. The summed E-state index contributed by atoms with van der Waals surface area (Å²) >= 11 is 0. The molecule has 1 heterocycles. The van der Waals surface area contributed by atoms with Gasteiger partial charge in [-0.25, -0.2) is 0 Å². The van der Waals surface area contributed by atoms with Gasteiger partial charge in [-0.1, -0.05) is 30.3 Å². The molecule has 68 valence electrons. The zero-order valence-electron chi connectivity index (χ0n) is 7.78. The highest BCUT2D eigenvalue weighted by atomic mass is 16.6. The molecule has 1 aliphatic rings. The van der Waals surface area contributed by atoms with Gasteiger partial charge in [-0.3, -0.25) is 4.79 Å². The average molecular weight is 176 g/mol. The summed E-state index contributed by atoms with van der Waals surface area (Å²) in [5, 5.41) is 0. The van der Waals surface area contributed by atoms with Crippen LogP contribution in [0.4, 0.5) is 0 Å². The van der Waals surface area contributed by atoms with Crippen molar-refractivity contribution in [2.75, 3.05) is 0 Å². The maximum atomic E-state index is 11.2. The normalized spacial score (nSPS) is 24.8. The lowest BCUT2D eigenvalue weighted by molar-refractivity contribution is -0.191. The zero-order chi connectivity index (χ0) is 9.47. The van der Waals surface area contributed by atoms with Crippen molar-refractivity contribution in [3.05, 3.63) is 35.9 Å². The molecule has 0 N–H and O–H groups in total. The molecule has 2 rings (SSSR count). The van der Waals surface area contributed by atoms with E-state index in [-0.39, 0.29) is 17.5 Å². The summed E-state index contributed by atoms with van der Waals surface area (Å²) < 4.78 is 5.05. The van der Waals surface area contributed by atoms with E-state index in [1.807, 2.05) is 44.2 Å². The number of hydrogen-bond donors (Lipinski definition) is 0. The average Bonchev–Trinajstić information content (AvgIpc) is 2.04. The second kappa shape index (κ2) is 2.59. The molecule has 1 aromatic carbocycles. The van der Waals surface area contributed by atoms with E-state index in [0.717, 1.165) is 5.56 Å². The molecule has 1 fully saturated rings. The Balaban J connectivity index is 2.32. The van der Waals surface area contributed by atoms with E-state index in [2.05, 4.69) is 0 Å². The molecule has 2 nitrogen and oxygen atoms in total. The molecule has 1 aromatic rings. The van der Waals surface area contributed by atoms with E-state index in [1.165, 1.54) is 0 Å². The van der Waals surface area contributed by atoms with Gasteiger partial charge in [-0.15, -0.1) is 0 Å². The minimum atomic E-state index is -0.335. The molecule has 0 bridgehead atoms. The highest BCUT2D eigenvalue weighted by Crippen LogP contribution is 2.41. The third-order valence-electron chi connectivity index (χ3n) is 2.43. The minimum Gasteiger partial charge on any atom is -0.458 e. The van der Waals surface area contributed by atoms with Gasteiger partial charge in [0.05, 0.1) is 0 Å². The van der Waals surface area contributed by atoms with Crippen LogP contribution in [0.3, 0.4) is 0 Å². The van der Waals surface area contributed by atoms with Crippen LogP contribution < -0.4 is 0 Å². The van der Waals surface area contributed by atoms with Gasteiger partial charge < -0.3 is 4.74 Å². The van der Waals surface area contributed by atoms with Gasteiger partial charge in [0, 0.05) is 0 Å². The molecule has 0 amide bonds. The van der Waals surface area contributed by atoms with Gasteiger partial charge >= 0.3 is 5.97 Å². The fourth-order valence-corrected chi connectivity index (χ4v) is 1.79. The van der Waals surface area contributed by atoms with Crippen LogP contribution in [0.25, 0.3) is 0 Å². The van der Waals surface area contributed by atoms with Gasteiger partial charge in [-0.05, 0) is 19.4 Å². The molecule has 1 saturated heterocycles. The van der Waals surface area contributed by atoms with Crippen LogP contribution in [0, 0.1) is 0 Å². The fourth-order valence-electron chi connectivity index (χ4n) is 1.79. The highest BCUT2D eigenvalue weighted by molar-refractivity contribution is 5.85. The molecular formula is C11H12O2. The molecule has 0 radical (unpaired) electrons. The number of rotatable bonds is 1. The van der Waals surface area contributed by atoms with Gasteiger partial charge in [-0.2, -0.15) is 0 Å². The van der Waals surface area contributed by atoms with Crippen molar-refractivity contribution in [2.45, 2.75) is 25.4 Å². The van der Waals surface area contributed by atoms with Gasteiger partial charge in [0.2, 0.25) is 0 Å². The minimum absolute atomic E-state index is 0.0892. The van der Waals surface area contributed by atoms with Crippen LogP contribution in [0.15, 0.2) is 30.3 Å². The first-order valence-electron chi connectivity index (χ1n) is 4.39. The topological polar surface area (TPSA) is 26.3 Å². The van der Waals surface area contributed by atoms with Crippen molar-refractivity contribution in [1.29, 1.82) is 0 Å². The summed E-state index contributed by atoms with van der Waals surface area (Å²) in [7, 11) is 0. The predicted molar refractivity (Wildman–Crippen MR) is 49.4 cm³/mol. The highest BCUT2D eigenvalue weighted by Gasteiger charge is 2.50. The second-order valence-corrected chi connectivity index (χ2v) is 3.87. The van der Waals surface area contributed by atoms with Crippen molar-refractivity contribution in [2.24, 2.45) is 0 Å². The van der Waals surface area contributed by atoms with Crippen LogP contribution in [-0.2, 0) is 9.53 Å². The quantitative estimate of drug-likeness (QED) is 0.612. The summed E-state index contributed by atoms with van der Waals surface area (Å²) in [6.45, 7) is 3.87. The molecule has 0 saturated carbocycles. The van der Waals surface area contributed by atoms with E-state index >= 15 is 0 Å². The largest absolute Gasteiger partial charge is 0.458 e. The lowest BCUT2D eigenvalue weighted by atomic mass is 9.80. The molecule has 0 spiro atoms. The van der Waals surface area contributed by atoms with E-state index in [9.17, 15) is 4.79 Å². The molecule has 1 atom stereocenters. The molecule has 1 aliphatic heterocycles. The number of hydrogen-bond acceptors (Lipinski definition) is 2. The van der Waals surface area contributed by atoms with Crippen molar-refractivity contribution in [3.63, 3.8) is 0 Å². The van der Waals surface area contributed by atoms with Crippen LogP contribution in [-0.4, -0.2) is 11.6 Å². The number of carbonyl (C=O) groups excluding carboxylic acids is 1. The number of esters is 1. The van der Waals surface area contributed by atoms with Crippen LogP contribution in [0.1, 0.15) is 25.3 Å². The first kappa shape index (κ1) is 8.30. The van der Waals surface area contributed by atoms with Crippen molar-refractivity contribution < 1.29 is 9.53 Å². The molecule has 13 heavy (non-hydrogen) atoms. The Morgan fingerprint density at radius 2 is 1.85 bits per heavy atom. The summed E-state index contributed by atoms with van der Waals surface area (Å²) in [6, 6.07) is 9.76. The first-order chi connectivity index (χ1) is 6.11. The van der Waals surface area contributed by atoms with E-state index in [1.54, 1.807) is 0 Å². The predicted octanol–water partition coefficient (Wildman–Crippen LogP) is 2.11. The standard InChI is InChI=1S/C11H12O2/c1-11(2)9(10(12)13-11)8-6-4-3-5-7-8/h3-7,9H,1-2H3. The summed E-state index contributed by atoms with van der Waals surface area (Å²) in [4.78, 5) is 11.2. The van der Waals surface area contributed by atoms with E-state index < -0.39 is 0 Å². The fraction of sp³-hybridized carbons (Fsp3) is 0.364. The molecule has 0 aliphatic carbocycles. The summed E-state index contributed by atoms with van der Waals surface area (Å²) in [5.41, 5.74) is 0.710. The van der Waals surface area contributed by atoms with Crippen molar-refractivity contribution >= 4 is 5.97 Å². The Kier molecular flexibility index (Phi) is 1.65. The van der Waals surface area contributed by atoms with Gasteiger partial charge in [0.1, 0.15) is 11.5 Å². The number of ether oxygens (including phenoxy) is 1.